The van der Waals surface area contributed by atoms with Crippen LogP contribution in [0.4, 0.5) is 5.69 Å². The molecule has 4 aromatic rings. The lowest BCUT2D eigenvalue weighted by atomic mass is 10.1. The molecule has 1 atom stereocenters. The van der Waals surface area contributed by atoms with Crippen LogP contribution >= 0.6 is 0 Å². The first-order valence-corrected chi connectivity index (χ1v) is 9.18. The molecular formula is C23H21N3O2. The van der Waals surface area contributed by atoms with E-state index >= 15 is 0 Å². The highest BCUT2D eigenvalue weighted by molar-refractivity contribution is 5.98. The van der Waals surface area contributed by atoms with Crippen molar-refractivity contribution in [2.75, 3.05) is 5.32 Å². The predicted octanol–water partition coefficient (Wildman–Crippen LogP) is 4.94. The minimum Gasteiger partial charge on any atom is -0.481 e. The largest absolute Gasteiger partial charge is 0.481 e. The smallest absolute Gasteiger partial charge is 0.265 e. The van der Waals surface area contributed by atoms with Crippen LogP contribution in [0.1, 0.15) is 12.5 Å². The molecule has 1 amide bonds. The monoisotopic (exact) mass is 371 g/mol. The van der Waals surface area contributed by atoms with Gasteiger partial charge in [-0.25, -0.2) is 4.98 Å². The summed E-state index contributed by atoms with van der Waals surface area (Å²) >= 11 is 0. The normalized spacial score (nSPS) is 11.9. The summed E-state index contributed by atoms with van der Waals surface area (Å²) < 4.78 is 5.79. The molecule has 1 aromatic heterocycles. The van der Waals surface area contributed by atoms with Crippen molar-refractivity contribution in [3.05, 3.63) is 78.4 Å². The van der Waals surface area contributed by atoms with Crippen molar-refractivity contribution in [2.45, 2.75) is 20.0 Å². The van der Waals surface area contributed by atoms with Crippen molar-refractivity contribution in [3.63, 3.8) is 0 Å². The summed E-state index contributed by atoms with van der Waals surface area (Å²) in [6, 6.07) is 23.1. The Morgan fingerprint density at radius 2 is 1.82 bits per heavy atom. The van der Waals surface area contributed by atoms with Crippen molar-refractivity contribution in [3.8, 4) is 17.1 Å². The van der Waals surface area contributed by atoms with Gasteiger partial charge < -0.3 is 15.0 Å². The fraction of sp³-hybridized carbons (Fsp3) is 0.130. The number of imidazole rings is 1. The van der Waals surface area contributed by atoms with Crippen molar-refractivity contribution in [1.29, 1.82) is 0 Å². The molecule has 0 bridgehead atoms. The minimum atomic E-state index is -0.634. The number of aryl methyl sites for hydroxylation is 1. The molecule has 0 spiro atoms. The van der Waals surface area contributed by atoms with Crippen molar-refractivity contribution < 1.29 is 9.53 Å². The molecule has 0 unspecified atom stereocenters. The predicted molar refractivity (Wildman–Crippen MR) is 111 cm³/mol. The van der Waals surface area contributed by atoms with Gasteiger partial charge in [0.2, 0.25) is 0 Å². The molecule has 0 aliphatic carbocycles. The van der Waals surface area contributed by atoms with E-state index in [1.807, 2.05) is 79.7 Å². The lowest BCUT2D eigenvalue weighted by molar-refractivity contribution is -0.122. The van der Waals surface area contributed by atoms with E-state index in [2.05, 4.69) is 15.3 Å². The molecule has 1 heterocycles. The highest BCUT2D eigenvalue weighted by Crippen LogP contribution is 2.27. The molecule has 2 N–H and O–H groups in total. The molecular weight excluding hydrogens is 350 g/mol. The molecule has 0 radical (unpaired) electrons. The third-order valence-corrected chi connectivity index (χ3v) is 4.50. The molecule has 5 nitrogen and oxygen atoms in total. The average Bonchev–Trinajstić information content (AvgIpc) is 3.12. The van der Waals surface area contributed by atoms with Gasteiger partial charge in [0, 0.05) is 5.56 Å². The second-order valence-electron chi connectivity index (χ2n) is 6.71. The molecule has 28 heavy (non-hydrogen) atoms. The molecule has 0 saturated heterocycles. The summed E-state index contributed by atoms with van der Waals surface area (Å²) in [5.74, 6) is 1.17. The third-order valence-electron chi connectivity index (χ3n) is 4.50. The molecule has 0 aliphatic rings. The van der Waals surface area contributed by atoms with E-state index in [0.29, 0.717) is 17.3 Å². The number of nitrogens with zero attached hydrogens (tertiary/aromatic N) is 1. The highest BCUT2D eigenvalue weighted by Gasteiger charge is 2.18. The highest BCUT2D eigenvalue weighted by atomic mass is 16.5. The third kappa shape index (κ3) is 3.74. The average molecular weight is 371 g/mol. The molecule has 0 aliphatic heterocycles. The zero-order valence-corrected chi connectivity index (χ0v) is 15.8. The van der Waals surface area contributed by atoms with E-state index in [-0.39, 0.29) is 5.91 Å². The Morgan fingerprint density at radius 3 is 2.64 bits per heavy atom. The summed E-state index contributed by atoms with van der Waals surface area (Å²) in [4.78, 5) is 20.6. The Hall–Kier alpha value is -3.60. The first-order valence-electron chi connectivity index (χ1n) is 9.18. The Bertz CT molecular complexity index is 1100. The SMILES string of the molecule is Cc1cccc(O[C@@H](C)C(=O)Nc2ccccc2-c2nc3ccccc3[nH]2)c1. The molecule has 4 rings (SSSR count). The van der Waals surface area contributed by atoms with E-state index in [1.165, 1.54) is 0 Å². The summed E-state index contributed by atoms with van der Waals surface area (Å²) in [5.41, 5.74) is 4.44. The molecule has 3 aromatic carbocycles. The fourth-order valence-electron chi connectivity index (χ4n) is 3.06. The Morgan fingerprint density at radius 1 is 1.04 bits per heavy atom. The van der Waals surface area contributed by atoms with Crippen LogP contribution in [0.25, 0.3) is 22.4 Å². The number of para-hydroxylation sites is 3. The van der Waals surface area contributed by atoms with Crippen LogP contribution in [-0.2, 0) is 4.79 Å². The van der Waals surface area contributed by atoms with Crippen LogP contribution in [0.3, 0.4) is 0 Å². The first-order chi connectivity index (χ1) is 13.6. The number of amides is 1. The van der Waals surface area contributed by atoms with Gasteiger partial charge >= 0.3 is 0 Å². The van der Waals surface area contributed by atoms with E-state index < -0.39 is 6.10 Å². The second kappa shape index (κ2) is 7.56. The van der Waals surface area contributed by atoms with Gasteiger partial charge in [-0.2, -0.15) is 0 Å². The maximum atomic E-state index is 12.7. The maximum Gasteiger partial charge on any atom is 0.265 e. The number of ether oxygens (including phenoxy) is 1. The summed E-state index contributed by atoms with van der Waals surface area (Å²) in [5, 5.41) is 2.96. The van der Waals surface area contributed by atoms with E-state index in [9.17, 15) is 4.79 Å². The number of rotatable bonds is 5. The van der Waals surface area contributed by atoms with Crippen LogP contribution < -0.4 is 10.1 Å². The number of aromatic nitrogens is 2. The number of H-pyrrole nitrogens is 1. The number of carbonyl (C=O) groups excluding carboxylic acids is 1. The van der Waals surface area contributed by atoms with Gasteiger partial charge in [0.25, 0.3) is 5.91 Å². The van der Waals surface area contributed by atoms with Crippen LogP contribution in [0.5, 0.6) is 5.75 Å². The topological polar surface area (TPSA) is 67.0 Å². The Labute approximate surface area is 163 Å². The number of benzene rings is 3. The van der Waals surface area contributed by atoms with Gasteiger partial charge in [0.15, 0.2) is 6.10 Å². The zero-order valence-electron chi connectivity index (χ0n) is 15.8. The first kappa shape index (κ1) is 17.8. The van der Waals surface area contributed by atoms with Gasteiger partial charge in [-0.05, 0) is 55.8 Å². The lowest BCUT2D eigenvalue weighted by Crippen LogP contribution is -2.30. The Kier molecular flexibility index (Phi) is 4.81. The second-order valence-corrected chi connectivity index (χ2v) is 6.71. The molecule has 0 fully saturated rings. The summed E-state index contributed by atoms with van der Waals surface area (Å²) in [6.07, 6.45) is -0.634. The van der Waals surface area contributed by atoms with Crippen LogP contribution in [-0.4, -0.2) is 22.0 Å². The van der Waals surface area contributed by atoms with Gasteiger partial charge in [-0.1, -0.05) is 36.4 Å². The lowest BCUT2D eigenvalue weighted by Gasteiger charge is -2.16. The number of carbonyl (C=O) groups is 1. The van der Waals surface area contributed by atoms with Crippen molar-refractivity contribution >= 4 is 22.6 Å². The molecule has 140 valence electrons. The standard InChI is InChI=1S/C23H21N3O2/c1-15-8-7-9-17(14-15)28-16(2)23(27)26-19-11-4-3-10-18(19)22-24-20-12-5-6-13-21(20)25-22/h3-14,16H,1-2H3,(H,24,25)(H,26,27)/t16-/m0/s1. The van der Waals surface area contributed by atoms with Crippen LogP contribution in [0, 0.1) is 6.92 Å². The van der Waals surface area contributed by atoms with Gasteiger partial charge in [-0.3, -0.25) is 4.79 Å². The van der Waals surface area contributed by atoms with Gasteiger partial charge in [0.05, 0.1) is 16.7 Å². The minimum absolute atomic E-state index is 0.218. The molecule has 0 saturated carbocycles. The van der Waals surface area contributed by atoms with E-state index in [4.69, 9.17) is 4.74 Å². The number of nitrogens with one attached hydrogen (secondary N) is 2. The van der Waals surface area contributed by atoms with Gasteiger partial charge in [0.1, 0.15) is 11.6 Å². The number of aromatic amines is 1. The van der Waals surface area contributed by atoms with E-state index in [0.717, 1.165) is 22.2 Å². The zero-order chi connectivity index (χ0) is 19.5. The van der Waals surface area contributed by atoms with Crippen LogP contribution in [0.15, 0.2) is 72.8 Å². The quantitative estimate of drug-likeness (QED) is 0.522. The van der Waals surface area contributed by atoms with Crippen LogP contribution in [0.2, 0.25) is 0 Å². The van der Waals surface area contributed by atoms with Crippen molar-refractivity contribution in [1.82, 2.24) is 9.97 Å². The fourth-order valence-corrected chi connectivity index (χ4v) is 3.06. The Balaban J connectivity index is 1.55. The molecule has 5 heteroatoms. The van der Waals surface area contributed by atoms with E-state index in [1.54, 1.807) is 6.92 Å². The number of anilines is 1. The number of fused-ring (bicyclic) bond motifs is 1. The number of hydrogen-bond acceptors (Lipinski definition) is 3. The van der Waals surface area contributed by atoms with Gasteiger partial charge in [-0.15, -0.1) is 0 Å². The summed E-state index contributed by atoms with van der Waals surface area (Å²) in [6.45, 7) is 3.72. The van der Waals surface area contributed by atoms with Crippen molar-refractivity contribution in [2.24, 2.45) is 0 Å². The number of hydrogen-bond donors (Lipinski definition) is 2. The maximum absolute atomic E-state index is 12.7. The summed E-state index contributed by atoms with van der Waals surface area (Å²) in [7, 11) is 0.